The molecule has 0 aliphatic carbocycles. The van der Waals surface area contributed by atoms with Gasteiger partial charge in [0.05, 0.1) is 18.9 Å². The molecule has 3 rings (SSSR count). The molecule has 3 aromatic rings. The van der Waals surface area contributed by atoms with Gasteiger partial charge >= 0.3 is 0 Å². The Bertz CT molecular complexity index is 741. The van der Waals surface area contributed by atoms with E-state index in [-0.39, 0.29) is 0 Å². The number of rotatable bonds is 5. The minimum absolute atomic E-state index is 0.625. The van der Waals surface area contributed by atoms with Gasteiger partial charge in [0, 0.05) is 13.2 Å². The molecule has 0 fully saturated rings. The van der Waals surface area contributed by atoms with Crippen LogP contribution >= 0.6 is 11.8 Å². The van der Waals surface area contributed by atoms with E-state index in [4.69, 9.17) is 0 Å². The number of nitrogens with zero attached hydrogens (tertiary/aromatic N) is 6. The van der Waals surface area contributed by atoms with Gasteiger partial charge in [-0.05, 0) is 17.9 Å². The molecule has 3 heterocycles. The zero-order valence-electron chi connectivity index (χ0n) is 12.0. The molecule has 0 unspecified atom stereocenters. The van der Waals surface area contributed by atoms with Crippen molar-refractivity contribution < 1.29 is 0 Å². The summed E-state index contributed by atoms with van der Waals surface area (Å²) in [5, 5.41) is 9.33. The van der Waals surface area contributed by atoms with Crippen molar-refractivity contribution >= 4 is 23.2 Å². The van der Waals surface area contributed by atoms with Crippen molar-refractivity contribution in [2.45, 2.75) is 18.5 Å². The van der Waals surface area contributed by atoms with E-state index in [1.54, 1.807) is 24.2 Å². The summed E-state index contributed by atoms with van der Waals surface area (Å²) in [7, 11) is 1.98. The van der Waals surface area contributed by atoms with Gasteiger partial charge in [-0.1, -0.05) is 13.0 Å². The second kappa shape index (κ2) is 6.09. The first-order valence-electron chi connectivity index (χ1n) is 6.72. The maximum Gasteiger partial charge on any atom is 0.160 e. The molecule has 0 bridgehead atoms. The van der Waals surface area contributed by atoms with Crippen LogP contribution in [-0.2, 0) is 6.54 Å². The first kappa shape index (κ1) is 13.8. The minimum atomic E-state index is 0.625. The maximum atomic E-state index is 4.59. The van der Waals surface area contributed by atoms with E-state index in [0.717, 1.165) is 28.1 Å². The van der Waals surface area contributed by atoms with Crippen molar-refractivity contribution in [2.24, 2.45) is 0 Å². The highest BCUT2D eigenvalue weighted by Gasteiger charge is 2.10. The Morgan fingerprint density at radius 3 is 3.00 bits per heavy atom. The molecule has 0 saturated carbocycles. The molecule has 0 spiro atoms. The highest BCUT2D eigenvalue weighted by atomic mass is 32.2. The second-order valence-electron chi connectivity index (χ2n) is 4.55. The van der Waals surface area contributed by atoms with Gasteiger partial charge < -0.3 is 4.90 Å². The van der Waals surface area contributed by atoms with Crippen molar-refractivity contribution in [2.75, 3.05) is 17.7 Å². The van der Waals surface area contributed by atoms with Crippen LogP contribution < -0.4 is 4.90 Å². The van der Waals surface area contributed by atoms with E-state index in [2.05, 4.69) is 27.1 Å². The third kappa shape index (κ3) is 2.97. The molecule has 0 amide bonds. The normalized spacial score (nSPS) is 11.0. The number of anilines is 1. The summed E-state index contributed by atoms with van der Waals surface area (Å²) in [5.41, 5.74) is 0.849. The highest BCUT2D eigenvalue weighted by Crippen LogP contribution is 2.18. The van der Waals surface area contributed by atoms with Crippen LogP contribution in [0.25, 0.3) is 5.65 Å². The summed E-state index contributed by atoms with van der Waals surface area (Å²) in [6, 6.07) is 5.86. The van der Waals surface area contributed by atoms with Gasteiger partial charge in [0.2, 0.25) is 0 Å². The lowest BCUT2D eigenvalue weighted by Gasteiger charge is -2.17. The predicted octanol–water partition coefficient (Wildman–Crippen LogP) is 2.27. The zero-order valence-corrected chi connectivity index (χ0v) is 12.8. The van der Waals surface area contributed by atoms with Crippen molar-refractivity contribution in [1.29, 1.82) is 0 Å². The monoisotopic (exact) mass is 300 g/mol. The minimum Gasteiger partial charge on any atom is -0.351 e. The largest absolute Gasteiger partial charge is 0.351 e. The van der Waals surface area contributed by atoms with Crippen LogP contribution in [0.5, 0.6) is 0 Å². The van der Waals surface area contributed by atoms with Crippen LogP contribution in [-0.4, -0.2) is 37.4 Å². The number of pyridine rings is 1. The summed E-state index contributed by atoms with van der Waals surface area (Å²) >= 11 is 1.68. The van der Waals surface area contributed by atoms with Gasteiger partial charge in [0.15, 0.2) is 11.5 Å². The molecule has 0 aliphatic heterocycles. The molecular formula is C14H16N6S. The van der Waals surface area contributed by atoms with E-state index >= 15 is 0 Å². The van der Waals surface area contributed by atoms with E-state index in [1.165, 1.54) is 0 Å². The Morgan fingerprint density at radius 2 is 2.14 bits per heavy atom. The first-order chi connectivity index (χ1) is 10.3. The molecule has 21 heavy (non-hydrogen) atoms. The summed E-state index contributed by atoms with van der Waals surface area (Å²) in [4.78, 5) is 10.9. The lowest BCUT2D eigenvalue weighted by molar-refractivity contribution is 0.798. The Balaban J connectivity index is 1.82. The molecule has 0 aromatic carbocycles. The van der Waals surface area contributed by atoms with Crippen LogP contribution in [0.4, 0.5) is 5.82 Å². The molecule has 0 aliphatic rings. The van der Waals surface area contributed by atoms with E-state index in [1.807, 2.05) is 40.7 Å². The Hall–Kier alpha value is -2.15. The molecule has 7 heteroatoms. The van der Waals surface area contributed by atoms with Crippen molar-refractivity contribution in [3.8, 4) is 0 Å². The molecular weight excluding hydrogens is 284 g/mol. The quantitative estimate of drug-likeness (QED) is 0.674. The summed E-state index contributed by atoms with van der Waals surface area (Å²) in [6.07, 6.45) is 5.52. The Kier molecular flexibility index (Phi) is 4.01. The smallest absolute Gasteiger partial charge is 0.160 e. The summed E-state index contributed by atoms with van der Waals surface area (Å²) in [6.45, 7) is 2.73. The molecule has 0 saturated heterocycles. The lowest BCUT2D eigenvalue weighted by atomic mass is 10.4. The fraction of sp³-hybridized carbons (Fsp3) is 0.286. The zero-order chi connectivity index (χ0) is 14.7. The van der Waals surface area contributed by atoms with E-state index in [9.17, 15) is 0 Å². The molecule has 0 N–H and O–H groups in total. The van der Waals surface area contributed by atoms with Gasteiger partial charge in [-0.25, -0.2) is 4.98 Å². The van der Waals surface area contributed by atoms with Crippen LogP contribution in [0, 0.1) is 0 Å². The number of aromatic nitrogens is 5. The number of hydrogen-bond acceptors (Lipinski definition) is 6. The second-order valence-corrected chi connectivity index (χ2v) is 5.83. The molecule has 108 valence electrons. The first-order valence-corrected chi connectivity index (χ1v) is 7.71. The topological polar surface area (TPSA) is 59.2 Å². The van der Waals surface area contributed by atoms with Crippen molar-refractivity contribution in [3.05, 3.63) is 42.6 Å². The third-order valence-electron chi connectivity index (χ3n) is 3.05. The van der Waals surface area contributed by atoms with E-state index < -0.39 is 0 Å². The standard InChI is InChI=1S/C14H16N6S/c1-3-21-14-9-15-8-12(16-14)19(2)10-13-18-17-11-6-4-5-7-20(11)13/h4-9H,3,10H2,1-2H3. The fourth-order valence-electron chi connectivity index (χ4n) is 2.03. The van der Waals surface area contributed by atoms with Crippen LogP contribution in [0.1, 0.15) is 12.7 Å². The predicted molar refractivity (Wildman–Crippen MR) is 83.5 cm³/mol. The average molecular weight is 300 g/mol. The third-order valence-corrected chi connectivity index (χ3v) is 3.83. The molecule has 6 nitrogen and oxygen atoms in total. The summed E-state index contributed by atoms with van der Waals surface area (Å²) < 4.78 is 1.98. The van der Waals surface area contributed by atoms with Gasteiger partial charge in [0.1, 0.15) is 10.8 Å². The Labute approximate surface area is 127 Å². The van der Waals surface area contributed by atoms with Crippen LogP contribution in [0.2, 0.25) is 0 Å². The molecule has 3 aromatic heterocycles. The fourth-order valence-corrected chi connectivity index (χ4v) is 2.62. The highest BCUT2D eigenvalue weighted by molar-refractivity contribution is 7.99. The van der Waals surface area contributed by atoms with E-state index in [0.29, 0.717) is 6.54 Å². The van der Waals surface area contributed by atoms with Crippen LogP contribution in [0.15, 0.2) is 41.8 Å². The summed E-state index contributed by atoms with van der Waals surface area (Å²) in [5.74, 6) is 2.70. The van der Waals surface area contributed by atoms with Gasteiger partial charge in [-0.15, -0.1) is 22.0 Å². The van der Waals surface area contributed by atoms with Crippen LogP contribution in [0.3, 0.4) is 0 Å². The van der Waals surface area contributed by atoms with Crippen molar-refractivity contribution in [1.82, 2.24) is 24.6 Å². The number of thioether (sulfide) groups is 1. The average Bonchev–Trinajstić information content (AvgIpc) is 2.91. The number of fused-ring (bicyclic) bond motifs is 1. The lowest BCUT2D eigenvalue weighted by Crippen LogP contribution is -2.19. The number of hydrogen-bond donors (Lipinski definition) is 0. The SMILES string of the molecule is CCSc1cncc(N(C)Cc2nnc3ccccn23)n1. The maximum absolute atomic E-state index is 4.59. The van der Waals surface area contributed by atoms with Gasteiger partial charge in [-0.3, -0.25) is 9.38 Å². The molecule has 0 atom stereocenters. The molecule has 0 radical (unpaired) electrons. The van der Waals surface area contributed by atoms with Crippen molar-refractivity contribution in [3.63, 3.8) is 0 Å². The van der Waals surface area contributed by atoms with Gasteiger partial charge in [0.25, 0.3) is 0 Å². The Morgan fingerprint density at radius 1 is 1.24 bits per heavy atom. The van der Waals surface area contributed by atoms with Gasteiger partial charge in [-0.2, -0.15) is 0 Å².